The highest BCUT2D eigenvalue weighted by molar-refractivity contribution is 8.00. The van der Waals surface area contributed by atoms with Gasteiger partial charge >= 0.3 is 0 Å². The molecular weight excluding hydrogens is 196 g/mol. The molecule has 78 valence electrons. The molecular formula is C9H16N4S. The van der Waals surface area contributed by atoms with Crippen molar-refractivity contribution in [2.75, 3.05) is 29.5 Å². The van der Waals surface area contributed by atoms with Crippen molar-refractivity contribution in [1.29, 1.82) is 0 Å². The highest BCUT2D eigenvalue weighted by Gasteiger charge is 2.26. The maximum absolute atomic E-state index is 5.62. The molecule has 2 heterocycles. The summed E-state index contributed by atoms with van der Waals surface area (Å²) in [5.74, 6) is 2.43. The molecule has 0 amide bonds. The second kappa shape index (κ2) is 4.23. The predicted octanol–water partition coefficient (Wildman–Crippen LogP) is 0.599. The topological polar surface area (TPSA) is 57.9 Å². The van der Waals surface area contributed by atoms with E-state index >= 15 is 0 Å². The van der Waals surface area contributed by atoms with Crippen LogP contribution in [0.5, 0.6) is 0 Å². The first-order valence-corrected chi connectivity index (χ1v) is 6.03. The fourth-order valence-electron chi connectivity index (χ4n) is 1.68. The quantitative estimate of drug-likeness (QED) is 0.767. The van der Waals surface area contributed by atoms with Crippen LogP contribution in [0.2, 0.25) is 0 Å². The first kappa shape index (κ1) is 9.86. The van der Waals surface area contributed by atoms with Crippen LogP contribution < -0.4 is 10.6 Å². The number of thioether (sulfide) groups is 1. The maximum atomic E-state index is 5.62. The summed E-state index contributed by atoms with van der Waals surface area (Å²) in [4.78, 5) is 2.37. The van der Waals surface area contributed by atoms with E-state index in [-0.39, 0.29) is 0 Å². The van der Waals surface area contributed by atoms with Crippen molar-refractivity contribution < 1.29 is 0 Å². The number of nitrogens with zero attached hydrogens (tertiary/aromatic N) is 2. The monoisotopic (exact) mass is 212 g/mol. The normalized spacial score (nSPS) is 16.7. The Bertz CT molecular complexity index is 295. The molecule has 1 aliphatic heterocycles. The van der Waals surface area contributed by atoms with Gasteiger partial charge in [0.25, 0.3) is 0 Å². The third kappa shape index (κ3) is 1.74. The Morgan fingerprint density at radius 2 is 2.50 bits per heavy atom. The summed E-state index contributed by atoms with van der Waals surface area (Å²) >= 11 is 1.99. The van der Waals surface area contributed by atoms with Gasteiger partial charge in [-0.05, 0) is 6.92 Å². The highest BCUT2D eigenvalue weighted by atomic mass is 32.2. The minimum Gasteiger partial charge on any atom is -0.363 e. The molecule has 1 aromatic heterocycles. The number of H-pyrrole nitrogens is 1. The number of rotatable bonds is 4. The van der Waals surface area contributed by atoms with Gasteiger partial charge < -0.3 is 10.6 Å². The van der Waals surface area contributed by atoms with Crippen molar-refractivity contribution in [3.8, 4) is 0 Å². The van der Waals surface area contributed by atoms with E-state index in [0.717, 1.165) is 12.2 Å². The molecule has 1 saturated heterocycles. The third-order valence-electron chi connectivity index (χ3n) is 2.54. The van der Waals surface area contributed by atoms with Gasteiger partial charge in [-0.1, -0.05) is 0 Å². The van der Waals surface area contributed by atoms with Gasteiger partial charge in [0.2, 0.25) is 0 Å². The molecule has 0 unspecified atom stereocenters. The Balaban J connectivity index is 2.13. The van der Waals surface area contributed by atoms with Gasteiger partial charge in [-0.2, -0.15) is 16.9 Å². The average Bonchev–Trinajstić information content (AvgIpc) is 2.47. The molecule has 0 saturated carbocycles. The third-order valence-corrected chi connectivity index (χ3v) is 3.78. The van der Waals surface area contributed by atoms with E-state index in [0.29, 0.717) is 12.6 Å². The van der Waals surface area contributed by atoms with E-state index < -0.39 is 0 Å². The number of aromatic amines is 1. The fourth-order valence-corrected chi connectivity index (χ4v) is 2.48. The lowest BCUT2D eigenvalue weighted by molar-refractivity contribution is 0.675. The molecule has 1 aromatic rings. The van der Waals surface area contributed by atoms with Gasteiger partial charge in [-0.15, -0.1) is 0 Å². The maximum Gasteiger partial charge on any atom is 0.0783 e. The van der Waals surface area contributed by atoms with Crippen LogP contribution in [-0.2, 0) is 0 Å². The van der Waals surface area contributed by atoms with E-state index in [1.807, 2.05) is 18.0 Å². The zero-order chi connectivity index (χ0) is 9.97. The van der Waals surface area contributed by atoms with E-state index in [2.05, 4.69) is 22.0 Å². The first-order chi connectivity index (χ1) is 6.83. The lowest BCUT2D eigenvalue weighted by atomic mass is 10.2. The molecule has 0 aliphatic carbocycles. The molecule has 14 heavy (non-hydrogen) atoms. The van der Waals surface area contributed by atoms with Gasteiger partial charge in [0.1, 0.15) is 0 Å². The van der Waals surface area contributed by atoms with Gasteiger partial charge in [0, 0.05) is 30.6 Å². The smallest absolute Gasteiger partial charge is 0.0783 e. The van der Waals surface area contributed by atoms with E-state index in [1.54, 1.807) is 0 Å². The van der Waals surface area contributed by atoms with E-state index in [1.165, 1.54) is 17.2 Å². The number of hydrogen-bond donors (Lipinski definition) is 2. The number of anilines is 1. The number of nitrogens with one attached hydrogen (secondary N) is 1. The molecule has 0 bridgehead atoms. The van der Waals surface area contributed by atoms with Gasteiger partial charge in [0.15, 0.2) is 0 Å². The Morgan fingerprint density at radius 1 is 1.71 bits per heavy atom. The summed E-state index contributed by atoms with van der Waals surface area (Å²) < 4.78 is 0. The number of aromatic nitrogens is 2. The molecule has 0 aromatic carbocycles. The van der Waals surface area contributed by atoms with Crippen LogP contribution in [0.4, 0.5) is 5.69 Å². The molecule has 1 fully saturated rings. The van der Waals surface area contributed by atoms with Crippen molar-refractivity contribution in [1.82, 2.24) is 10.2 Å². The van der Waals surface area contributed by atoms with Crippen molar-refractivity contribution in [3.05, 3.63) is 11.9 Å². The Labute approximate surface area is 88.2 Å². The first-order valence-electron chi connectivity index (χ1n) is 4.87. The van der Waals surface area contributed by atoms with Crippen molar-refractivity contribution in [3.63, 3.8) is 0 Å². The molecule has 0 radical (unpaired) electrons. The van der Waals surface area contributed by atoms with Gasteiger partial charge in [-0.25, -0.2) is 0 Å². The van der Waals surface area contributed by atoms with Crippen molar-refractivity contribution in [2.24, 2.45) is 5.73 Å². The molecule has 2 rings (SSSR count). The van der Waals surface area contributed by atoms with E-state index in [4.69, 9.17) is 5.73 Å². The summed E-state index contributed by atoms with van der Waals surface area (Å²) in [6, 6.07) is 0.653. The summed E-state index contributed by atoms with van der Waals surface area (Å²) in [7, 11) is 0. The molecule has 0 atom stereocenters. The molecule has 1 aliphatic rings. The van der Waals surface area contributed by atoms with Crippen LogP contribution >= 0.6 is 11.8 Å². The number of nitrogens with two attached hydrogens (primary N) is 1. The van der Waals surface area contributed by atoms with Crippen molar-refractivity contribution >= 4 is 17.4 Å². The standard InChI is InChI=1S/C9H16N4S/c1-7-9(4-11-12-7)13(3-2-10)8-5-14-6-8/h4,8H,2-3,5-6,10H2,1H3,(H,11,12). The van der Waals surface area contributed by atoms with Crippen LogP contribution in [0.3, 0.4) is 0 Å². The van der Waals surface area contributed by atoms with Gasteiger partial charge in [-0.3, -0.25) is 5.10 Å². The second-order valence-corrected chi connectivity index (χ2v) is 4.63. The lowest BCUT2D eigenvalue weighted by Gasteiger charge is -2.38. The minimum atomic E-state index is 0.653. The van der Waals surface area contributed by atoms with Gasteiger partial charge in [0.05, 0.1) is 17.6 Å². The molecule has 4 nitrogen and oxygen atoms in total. The molecule has 5 heteroatoms. The van der Waals surface area contributed by atoms with Crippen molar-refractivity contribution in [2.45, 2.75) is 13.0 Å². The van der Waals surface area contributed by atoms with Crippen LogP contribution in [-0.4, -0.2) is 40.8 Å². The Morgan fingerprint density at radius 3 is 2.93 bits per heavy atom. The highest BCUT2D eigenvalue weighted by Crippen LogP contribution is 2.28. The van der Waals surface area contributed by atoms with Crippen LogP contribution in [0.1, 0.15) is 5.69 Å². The summed E-state index contributed by atoms with van der Waals surface area (Å²) in [6.07, 6.45) is 1.90. The lowest BCUT2D eigenvalue weighted by Crippen LogP contribution is -2.47. The zero-order valence-corrected chi connectivity index (χ0v) is 9.18. The molecule has 0 spiro atoms. The largest absolute Gasteiger partial charge is 0.363 e. The predicted molar refractivity (Wildman–Crippen MR) is 60.8 cm³/mol. The average molecular weight is 212 g/mol. The minimum absolute atomic E-state index is 0.653. The summed E-state index contributed by atoms with van der Waals surface area (Å²) in [5.41, 5.74) is 7.97. The Hall–Kier alpha value is -0.680. The van der Waals surface area contributed by atoms with E-state index in [9.17, 15) is 0 Å². The molecule has 3 N–H and O–H groups in total. The number of hydrogen-bond acceptors (Lipinski definition) is 4. The number of aryl methyl sites for hydroxylation is 1. The zero-order valence-electron chi connectivity index (χ0n) is 8.36. The van der Waals surface area contributed by atoms with Crippen LogP contribution in [0, 0.1) is 6.92 Å². The fraction of sp³-hybridized carbons (Fsp3) is 0.667. The van der Waals surface area contributed by atoms with Crippen LogP contribution in [0.15, 0.2) is 6.20 Å². The second-order valence-electron chi connectivity index (χ2n) is 3.55. The SMILES string of the molecule is Cc1[nH]ncc1N(CCN)C1CSC1. The van der Waals surface area contributed by atoms with Crippen LogP contribution in [0.25, 0.3) is 0 Å². The summed E-state index contributed by atoms with van der Waals surface area (Å²) in [6.45, 7) is 3.68. The Kier molecular flexibility index (Phi) is 2.98. The summed E-state index contributed by atoms with van der Waals surface area (Å²) in [5, 5.41) is 7.02.